The Bertz CT molecular complexity index is 1610. The lowest BCUT2D eigenvalue weighted by Gasteiger charge is -2.17. The van der Waals surface area contributed by atoms with E-state index < -0.39 is 0 Å². The fourth-order valence-corrected chi connectivity index (χ4v) is 4.66. The molecule has 1 heterocycles. The molecule has 7 heteroatoms. The molecule has 0 N–H and O–H groups in total. The minimum atomic E-state index is -0.127. The van der Waals surface area contributed by atoms with Crippen molar-refractivity contribution >= 4 is 28.3 Å². The van der Waals surface area contributed by atoms with E-state index in [0.717, 1.165) is 39.1 Å². The van der Waals surface area contributed by atoms with Gasteiger partial charge in [0, 0.05) is 23.6 Å². The first-order valence-electron chi connectivity index (χ1n) is 12.8. The van der Waals surface area contributed by atoms with Crippen LogP contribution in [0.5, 0.6) is 23.0 Å². The highest BCUT2D eigenvalue weighted by atomic mass is 35.5. The number of carbonyl (C=O) groups excluding carboxylic acids is 1. The molecule has 0 aliphatic heterocycles. The Morgan fingerprint density at radius 3 is 2.02 bits per heavy atom. The van der Waals surface area contributed by atoms with E-state index in [0.29, 0.717) is 17.1 Å². The molecule has 4 aromatic carbocycles. The number of halogens is 1. The normalized spacial score (nSPS) is 10.8. The number of fused-ring (bicyclic) bond motifs is 1. The zero-order chi connectivity index (χ0) is 27.9. The summed E-state index contributed by atoms with van der Waals surface area (Å²) in [6.45, 7) is 0.519. The van der Waals surface area contributed by atoms with Crippen LogP contribution in [0.2, 0.25) is 5.02 Å². The van der Waals surface area contributed by atoms with Crippen LogP contribution in [0, 0.1) is 0 Å². The second-order valence-corrected chi connectivity index (χ2v) is 9.49. The Labute approximate surface area is 238 Å². The molecule has 0 saturated carbocycles. The maximum atomic E-state index is 13.5. The number of hydrogen-bond acceptors (Lipinski definition) is 6. The van der Waals surface area contributed by atoms with Crippen LogP contribution in [0.1, 0.15) is 27.0 Å². The number of benzene rings is 4. The molecule has 0 aliphatic carbocycles. The Morgan fingerprint density at radius 1 is 0.750 bits per heavy atom. The van der Waals surface area contributed by atoms with Crippen LogP contribution in [0.4, 0.5) is 0 Å². The molecular weight excluding hydrogens is 526 g/mol. The molecule has 0 amide bonds. The van der Waals surface area contributed by atoms with Gasteiger partial charge in [-0.15, -0.1) is 0 Å². The number of methoxy groups -OCH3 is 2. The Morgan fingerprint density at radius 2 is 1.38 bits per heavy atom. The molecule has 6 nitrogen and oxygen atoms in total. The number of ketones is 1. The first kappa shape index (κ1) is 27.0. The second kappa shape index (κ2) is 12.5. The number of aromatic nitrogens is 1. The van der Waals surface area contributed by atoms with Gasteiger partial charge in [-0.05, 0) is 65.2 Å². The Balaban J connectivity index is 1.42. The van der Waals surface area contributed by atoms with Crippen LogP contribution in [0.15, 0.2) is 97.2 Å². The van der Waals surface area contributed by atoms with Gasteiger partial charge in [-0.1, -0.05) is 54.1 Å². The van der Waals surface area contributed by atoms with Crippen molar-refractivity contribution in [2.24, 2.45) is 0 Å². The summed E-state index contributed by atoms with van der Waals surface area (Å²) >= 11 is 6.85. The van der Waals surface area contributed by atoms with Gasteiger partial charge in [0.15, 0.2) is 17.3 Å². The van der Waals surface area contributed by atoms with Crippen molar-refractivity contribution in [2.45, 2.75) is 19.6 Å². The standard InChI is InChI=1S/C33H28ClNO5/c1-37-25-11-7-22(8-12-25)20-39-31-16-15-28(30(36)19-24-17-18-35-29-6-4-3-5-27(24)29)32(34)33(31)40-21-23-9-13-26(38-2)14-10-23/h3-18H,19-21H2,1-2H3. The fraction of sp³-hybridized carbons (Fsp3) is 0.152. The summed E-state index contributed by atoms with van der Waals surface area (Å²) in [5.74, 6) is 2.15. The number of nitrogens with zero attached hydrogens (tertiary/aromatic N) is 1. The molecule has 1 aromatic heterocycles. The van der Waals surface area contributed by atoms with E-state index in [1.165, 1.54) is 0 Å². The summed E-state index contributed by atoms with van der Waals surface area (Å²) in [5.41, 5.74) is 3.95. The molecule has 0 saturated heterocycles. The topological polar surface area (TPSA) is 66.9 Å². The number of carbonyl (C=O) groups is 1. The van der Waals surface area contributed by atoms with Gasteiger partial charge in [-0.25, -0.2) is 0 Å². The third kappa shape index (κ3) is 6.19. The van der Waals surface area contributed by atoms with Gasteiger partial charge in [0.1, 0.15) is 24.7 Å². The van der Waals surface area contributed by atoms with Crippen molar-refractivity contribution in [3.05, 3.63) is 124 Å². The summed E-state index contributed by atoms with van der Waals surface area (Å²) < 4.78 is 22.8. The van der Waals surface area contributed by atoms with Crippen molar-refractivity contribution < 1.29 is 23.7 Å². The molecular formula is C33H28ClNO5. The molecule has 5 aromatic rings. The van der Waals surface area contributed by atoms with E-state index in [9.17, 15) is 4.79 Å². The van der Waals surface area contributed by atoms with Crippen LogP contribution in [-0.2, 0) is 19.6 Å². The molecule has 0 aliphatic rings. The van der Waals surface area contributed by atoms with Gasteiger partial charge < -0.3 is 18.9 Å². The maximum absolute atomic E-state index is 13.5. The van der Waals surface area contributed by atoms with E-state index in [1.54, 1.807) is 32.5 Å². The van der Waals surface area contributed by atoms with Gasteiger partial charge >= 0.3 is 0 Å². The number of hydrogen-bond donors (Lipinski definition) is 0. The third-order valence-electron chi connectivity index (χ3n) is 6.55. The molecule has 0 fully saturated rings. The predicted octanol–water partition coefficient (Wildman–Crippen LogP) is 7.49. The molecule has 5 rings (SSSR count). The highest BCUT2D eigenvalue weighted by Crippen LogP contribution is 2.39. The highest BCUT2D eigenvalue weighted by Gasteiger charge is 2.21. The minimum absolute atomic E-state index is 0.127. The molecule has 40 heavy (non-hydrogen) atoms. The Hall–Kier alpha value is -4.55. The number of rotatable bonds is 11. The lowest BCUT2D eigenvalue weighted by Crippen LogP contribution is -2.08. The van der Waals surface area contributed by atoms with E-state index in [1.807, 2.05) is 78.9 Å². The largest absolute Gasteiger partial charge is 0.497 e. The monoisotopic (exact) mass is 553 g/mol. The van der Waals surface area contributed by atoms with Crippen molar-refractivity contribution in [1.82, 2.24) is 4.98 Å². The van der Waals surface area contributed by atoms with Crippen LogP contribution < -0.4 is 18.9 Å². The van der Waals surface area contributed by atoms with Crippen LogP contribution in [0.3, 0.4) is 0 Å². The van der Waals surface area contributed by atoms with E-state index in [4.69, 9.17) is 30.5 Å². The first-order chi connectivity index (χ1) is 19.6. The van der Waals surface area contributed by atoms with E-state index >= 15 is 0 Å². The average Bonchev–Trinajstić information content (AvgIpc) is 3.00. The van der Waals surface area contributed by atoms with E-state index in [2.05, 4.69) is 4.98 Å². The molecule has 0 atom stereocenters. The third-order valence-corrected chi connectivity index (χ3v) is 6.92. The lowest BCUT2D eigenvalue weighted by molar-refractivity contribution is 0.0993. The summed E-state index contributed by atoms with van der Waals surface area (Å²) in [5, 5.41) is 1.15. The summed E-state index contributed by atoms with van der Waals surface area (Å²) in [6.07, 6.45) is 1.89. The number of ether oxygens (including phenoxy) is 4. The quantitative estimate of drug-likeness (QED) is 0.158. The van der Waals surface area contributed by atoms with E-state index in [-0.39, 0.29) is 30.4 Å². The minimum Gasteiger partial charge on any atom is -0.497 e. The first-order valence-corrected chi connectivity index (χ1v) is 13.1. The fourth-order valence-electron chi connectivity index (χ4n) is 4.34. The smallest absolute Gasteiger partial charge is 0.180 e. The second-order valence-electron chi connectivity index (χ2n) is 9.12. The summed E-state index contributed by atoms with van der Waals surface area (Å²) in [7, 11) is 3.24. The Kier molecular flexibility index (Phi) is 8.47. The van der Waals surface area contributed by atoms with Gasteiger partial charge in [0.05, 0.1) is 24.8 Å². The van der Waals surface area contributed by atoms with Gasteiger partial charge in [-0.2, -0.15) is 0 Å². The molecule has 202 valence electrons. The highest BCUT2D eigenvalue weighted by molar-refractivity contribution is 6.35. The average molecular weight is 554 g/mol. The van der Waals surface area contributed by atoms with Gasteiger partial charge in [-0.3, -0.25) is 9.78 Å². The summed E-state index contributed by atoms with van der Waals surface area (Å²) in [6, 6.07) is 28.2. The van der Waals surface area contributed by atoms with Crippen molar-refractivity contribution in [1.29, 1.82) is 0 Å². The van der Waals surface area contributed by atoms with Crippen LogP contribution in [-0.4, -0.2) is 25.0 Å². The molecule has 0 radical (unpaired) electrons. The number of Topliss-reactive ketones (excluding diaryl/α,β-unsaturated/α-hetero) is 1. The lowest BCUT2D eigenvalue weighted by atomic mass is 9.99. The van der Waals surface area contributed by atoms with Crippen molar-refractivity contribution in [3.8, 4) is 23.0 Å². The van der Waals surface area contributed by atoms with Gasteiger partial charge in [0.2, 0.25) is 0 Å². The zero-order valence-corrected chi connectivity index (χ0v) is 23.0. The van der Waals surface area contributed by atoms with Crippen molar-refractivity contribution in [2.75, 3.05) is 14.2 Å². The zero-order valence-electron chi connectivity index (χ0n) is 22.2. The molecule has 0 bridgehead atoms. The maximum Gasteiger partial charge on any atom is 0.180 e. The predicted molar refractivity (Wildman–Crippen MR) is 156 cm³/mol. The van der Waals surface area contributed by atoms with Crippen molar-refractivity contribution in [3.63, 3.8) is 0 Å². The van der Waals surface area contributed by atoms with Gasteiger partial charge in [0.25, 0.3) is 0 Å². The number of pyridine rings is 1. The number of para-hydroxylation sites is 1. The summed E-state index contributed by atoms with van der Waals surface area (Å²) in [4.78, 5) is 17.9. The molecule has 0 spiro atoms. The van der Waals surface area contributed by atoms with Crippen LogP contribution in [0.25, 0.3) is 10.9 Å². The SMILES string of the molecule is COc1ccc(COc2ccc(C(=O)Cc3ccnc4ccccc34)c(Cl)c2OCc2ccc(OC)cc2)cc1. The van der Waals surface area contributed by atoms with Crippen LogP contribution >= 0.6 is 11.6 Å². The molecule has 0 unspecified atom stereocenters.